The number of carbonyl (C=O) groups excluding carboxylic acids is 1. The number of hydrogen-bond acceptors (Lipinski definition) is 5. The van der Waals surface area contributed by atoms with Gasteiger partial charge in [0.05, 0.1) is 22.2 Å². The summed E-state index contributed by atoms with van der Waals surface area (Å²) in [5.41, 5.74) is -0.202. The molecule has 1 aromatic carbocycles. The van der Waals surface area contributed by atoms with Gasteiger partial charge in [-0.1, -0.05) is 19.3 Å². The van der Waals surface area contributed by atoms with Gasteiger partial charge < -0.3 is 4.90 Å². The molecule has 1 aromatic heterocycles. The molecule has 1 aliphatic carbocycles. The third-order valence-corrected chi connectivity index (χ3v) is 5.97. The van der Waals surface area contributed by atoms with E-state index >= 15 is 0 Å². The summed E-state index contributed by atoms with van der Waals surface area (Å²) in [7, 11) is 0. The molecule has 8 nitrogen and oxygen atoms in total. The number of nitro groups is 1. The molecule has 2 aliphatic rings. The minimum absolute atomic E-state index is 0.0815. The van der Waals surface area contributed by atoms with E-state index in [4.69, 9.17) is 0 Å². The molecule has 1 saturated carbocycles. The van der Waals surface area contributed by atoms with Crippen LogP contribution in [0.2, 0.25) is 0 Å². The summed E-state index contributed by atoms with van der Waals surface area (Å²) in [6, 6.07) is 3.99. The first-order valence-electron chi connectivity index (χ1n) is 9.44. The molecular weight excluding hydrogens is 348 g/mol. The van der Waals surface area contributed by atoms with E-state index in [-0.39, 0.29) is 23.5 Å². The first-order valence-corrected chi connectivity index (χ1v) is 9.44. The maximum Gasteiger partial charge on any atom is 0.270 e. The molecule has 0 unspecified atom stereocenters. The van der Waals surface area contributed by atoms with Gasteiger partial charge in [-0.3, -0.25) is 24.3 Å². The van der Waals surface area contributed by atoms with Crippen molar-refractivity contribution < 1.29 is 9.72 Å². The topological polar surface area (TPSA) is 98.3 Å². The number of carbonyl (C=O) groups is 1. The van der Waals surface area contributed by atoms with Crippen LogP contribution < -0.4 is 5.56 Å². The summed E-state index contributed by atoms with van der Waals surface area (Å²) < 4.78 is 1.25. The molecule has 2 aromatic rings. The normalized spacial score (nSPS) is 22.4. The average Bonchev–Trinajstić information content (AvgIpc) is 2.69. The molecule has 0 radical (unpaired) electrons. The summed E-state index contributed by atoms with van der Waals surface area (Å²) in [5.74, 6) is 1.21. The van der Waals surface area contributed by atoms with Crippen molar-refractivity contribution in [2.45, 2.75) is 38.6 Å². The van der Waals surface area contributed by atoms with Gasteiger partial charge in [0.2, 0.25) is 5.91 Å². The van der Waals surface area contributed by atoms with Crippen LogP contribution in [-0.2, 0) is 11.3 Å². The van der Waals surface area contributed by atoms with Crippen molar-refractivity contribution >= 4 is 22.5 Å². The number of hydrogen-bond donors (Lipinski definition) is 0. The fourth-order valence-corrected chi connectivity index (χ4v) is 4.45. The van der Waals surface area contributed by atoms with Crippen LogP contribution in [0.4, 0.5) is 5.69 Å². The van der Waals surface area contributed by atoms with E-state index < -0.39 is 10.5 Å². The lowest BCUT2D eigenvalue weighted by molar-refractivity contribution is -0.384. The molecule has 0 spiro atoms. The van der Waals surface area contributed by atoms with Crippen LogP contribution in [0.25, 0.3) is 10.9 Å². The van der Waals surface area contributed by atoms with Crippen molar-refractivity contribution in [1.29, 1.82) is 0 Å². The molecule has 2 atom stereocenters. The van der Waals surface area contributed by atoms with Crippen LogP contribution in [0.3, 0.4) is 0 Å². The lowest BCUT2D eigenvalue weighted by Crippen LogP contribution is -2.46. The van der Waals surface area contributed by atoms with Crippen LogP contribution in [0.1, 0.15) is 32.1 Å². The number of benzene rings is 1. The van der Waals surface area contributed by atoms with Gasteiger partial charge in [0, 0.05) is 25.2 Å². The van der Waals surface area contributed by atoms with Gasteiger partial charge in [-0.2, -0.15) is 0 Å². The number of piperidine rings is 1. The second-order valence-corrected chi connectivity index (χ2v) is 7.57. The van der Waals surface area contributed by atoms with E-state index in [9.17, 15) is 19.7 Å². The molecular formula is C19H22N4O4. The monoisotopic (exact) mass is 370 g/mol. The Morgan fingerprint density at radius 3 is 2.78 bits per heavy atom. The molecule has 142 valence electrons. The van der Waals surface area contributed by atoms with E-state index in [1.165, 1.54) is 54.8 Å². The molecule has 0 bridgehead atoms. The molecule has 0 N–H and O–H groups in total. The maximum absolute atomic E-state index is 12.7. The quantitative estimate of drug-likeness (QED) is 0.610. The summed E-state index contributed by atoms with van der Waals surface area (Å²) in [6.07, 6.45) is 7.35. The average molecular weight is 370 g/mol. The van der Waals surface area contributed by atoms with E-state index in [1.807, 2.05) is 4.90 Å². The number of non-ortho nitro benzene ring substituents is 1. The lowest BCUT2D eigenvalue weighted by Gasteiger charge is -2.41. The number of aromatic nitrogens is 2. The smallest absolute Gasteiger partial charge is 0.270 e. The van der Waals surface area contributed by atoms with E-state index in [2.05, 4.69) is 4.98 Å². The van der Waals surface area contributed by atoms with Crippen molar-refractivity contribution in [2.75, 3.05) is 13.1 Å². The first-order chi connectivity index (χ1) is 13.0. The Balaban J connectivity index is 1.54. The largest absolute Gasteiger partial charge is 0.341 e. The van der Waals surface area contributed by atoms with Crippen LogP contribution >= 0.6 is 0 Å². The van der Waals surface area contributed by atoms with E-state index in [0.717, 1.165) is 25.4 Å². The number of amides is 1. The summed E-state index contributed by atoms with van der Waals surface area (Å²) in [4.78, 5) is 41.9. The number of rotatable bonds is 3. The van der Waals surface area contributed by atoms with E-state index in [1.54, 1.807) is 0 Å². The van der Waals surface area contributed by atoms with Crippen molar-refractivity contribution in [3.8, 4) is 0 Å². The molecule has 27 heavy (non-hydrogen) atoms. The molecule has 4 rings (SSSR count). The maximum atomic E-state index is 12.7. The summed E-state index contributed by atoms with van der Waals surface area (Å²) in [5, 5.41) is 11.1. The number of nitrogens with zero attached hydrogens (tertiary/aromatic N) is 4. The minimum atomic E-state index is -0.546. The van der Waals surface area contributed by atoms with E-state index in [0.29, 0.717) is 11.4 Å². The Labute approximate surface area is 156 Å². The standard InChI is InChI=1S/C19H22N4O4/c24-18(21-8-7-13-3-1-2-4-14(13)10-21)11-22-12-20-17-6-5-15(23(26)27)9-16(17)19(22)25/h5-6,9,12-14H,1-4,7-8,10-11H2/t13-,14+/m1/s1. The number of nitro benzene ring substituents is 1. The summed E-state index contributed by atoms with van der Waals surface area (Å²) in [6.45, 7) is 1.42. The van der Waals surface area contributed by atoms with Gasteiger partial charge >= 0.3 is 0 Å². The van der Waals surface area contributed by atoms with Crippen molar-refractivity contribution in [2.24, 2.45) is 11.8 Å². The molecule has 2 heterocycles. The van der Waals surface area contributed by atoms with Crippen LogP contribution in [0.5, 0.6) is 0 Å². The van der Waals surface area contributed by atoms with Crippen LogP contribution in [0.15, 0.2) is 29.3 Å². The van der Waals surface area contributed by atoms with Gasteiger partial charge in [-0.15, -0.1) is 0 Å². The molecule has 1 amide bonds. The van der Waals surface area contributed by atoms with Crippen molar-refractivity contribution in [1.82, 2.24) is 14.5 Å². The fraction of sp³-hybridized carbons (Fsp3) is 0.526. The number of likely N-dealkylation sites (tertiary alicyclic amines) is 1. The van der Waals surface area contributed by atoms with Crippen LogP contribution in [-0.4, -0.2) is 38.4 Å². The second kappa shape index (κ2) is 7.09. The molecule has 2 fully saturated rings. The second-order valence-electron chi connectivity index (χ2n) is 7.57. The highest BCUT2D eigenvalue weighted by Crippen LogP contribution is 2.36. The van der Waals surface area contributed by atoms with Gasteiger partial charge in [0.25, 0.3) is 11.2 Å². The SMILES string of the molecule is O=C(Cn1cnc2ccc([N+](=O)[O-])cc2c1=O)N1CC[C@H]2CCCC[C@H]2C1. The zero-order valence-electron chi connectivity index (χ0n) is 15.0. The van der Waals surface area contributed by atoms with Gasteiger partial charge in [0.15, 0.2) is 0 Å². The lowest BCUT2D eigenvalue weighted by atomic mass is 9.75. The first kappa shape index (κ1) is 17.6. The predicted molar refractivity (Wildman–Crippen MR) is 99.3 cm³/mol. The zero-order valence-corrected chi connectivity index (χ0v) is 15.0. The Morgan fingerprint density at radius 1 is 1.22 bits per heavy atom. The van der Waals surface area contributed by atoms with Gasteiger partial charge in [-0.05, 0) is 30.7 Å². The Kier molecular flexibility index (Phi) is 4.63. The minimum Gasteiger partial charge on any atom is -0.341 e. The van der Waals surface area contributed by atoms with Gasteiger partial charge in [0.1, 0.15) is 6.54 Å². The molecule has 8 heteroatoms. The Hall–Kier alpha value is -2.77. The van der Waals surface area contributed by atoms with Crippen molar-refractivity contribution in [3.63, 3.8) is 0 Å². The number of fused-ring (bicyclic) bond motifs is 2. The summed E-state index contributed by atoms with van der Waals surface area (Å²) >= 11 is 0. The Morgan fingerprint density at radius 2 is 2.00 bits per heavy atom. The molecule has 1 saturated heterocycles. The fourth-order valence-electron chi connectivity index (χ4n) is 4.45. The zero-order chi connectivity index (χ0) is 19.0. The highest BCUT2D eigenvalue weighted by Gasteiger charge is 2.32. The third kappa shape index (κ3) is 3.43. The highest BCUT2D eigenvalue weighted by molar-refractivity contribution is 5.81. The van der Waals surface area contributed by atoms with Crippen LogP contribution in [0, 0.1) is 22.0 Å². The van der Waals surface area contributed by atoms with Crippen molar-refractivity contribution in [3.05, 3.63) is 45.0 Å². The predicted octanol–water partition coefficient (Wildman–Crippen LogP) is 2.34. The molecule has 1 aliphatic heterocycles. The third-order valence-electron chi connectivity index (χ3n) is 5.97. The Bertz CT molecular complexity index is 954. The highest BCUT2D eigenvalue weighted by atomic mass is 16.6. The van der Waals surface area contributed by atoms with Gasteiger partial charge in [-0.25, -0.2) is 4.98 Å².